The Morgan fingerprint density at radius 1 is 1.18 bits per heavy atom. The number of nitriles is 1. The van der Waals surface area contributed by atoms with Crippen LogP contribution in [0.1, 0.15) is 43.8 Å². The molecule has 1 fully saturated rings. The summed E-state index contributed by atoms with van der Waals surface area (Å²) < 4.78 is 1.75. The third-order valence-corrected chi connectivity index (χ3v) is 6.74. The van der Waals surface area contributed by atoms with Crippen molar-refractivity contribution in [3.8, 4) is 6.07 Å². The summed E-state index contributed by atoms with van der Waals surface area (Å²) in [5.41, 5.74) is 5.03. The van der Waals surface area contributed by atoms with Crippen LogP contribution < -0.4 is 10.5 Å². The summed E-state index contributed by atoms with van der Waals surface area (Å²) in [4.78, 5) is 29.1. The minimum Gasteiger partial charge on any atom is -0.351 e. The van der Waals surface area contributed by atoms with E-state index in [1.165, 1.54) is 5.56 Å². The number of nitrogens with one attached hydrogen (secondary N) is 1. The molecule has 0 saturated carbocycles. The molecule has 0 aliphatic carbocycles. The lowest BCUT2D eigenvalue weighted by Gasteiger charge is -2.47. The van der Waals surface area contributed by atoms with E-state index in [9.17, 15) is 4.79 Å². The Kier molecular flexibility index (Phi) is 5.54. The first-order valence-corrected chi connectivity index (χ1v) is 11.6. The van der Waals surface area contributed by atoms with Crippen molar-refractivity contribution in [2.45, 2.75) is 52.2 Å². The molecule has 0 spiro atoms. The highest BCUT2D eigenvalue weighted by molar-refractivity contribution is 5.75. The standard InChI is InChI=1S/C25H28N8O/c1-15-12-27-21-6-5-19(9-22(21)28-15)18(4)31-13-17(3)32(14-16(31)2)25-11-24(34)29-23-10-20(7-8-26)30-33(23)25/h5-6,9-12,16-18H,7,13-14H2,1-4H3,(H,29,34)/t16-,17+,18?/m1/s1. The van der Waals surface area contributed by atoms with Crippen molar-refractivity contribution in [1.29, 1.82) is 5.26 Å². The molecule has 34 heavy (non-hydrogen) atoms. The molecule has 5 rings (SSSR count). The minimum atomic E-state index is -0.172. The molecule has 1 saturated heterocycles. The molecular weight excluding hydrogens is 428 g/mol. The monoisotopic (exact) mass is 456 g/mol. The number of nitrogens with zero attached hydrogens (tertiary/aromatic N) is 7. The molecule has 4 heterocycles. The van der Waals surface area contributed by atoms with Gasteiger partial charge in [-0.05, 0) is 45.4 Å². The average Bonchev–Trinajstić information content (AvgIpc) is 3.21. The van der Waals surface area contributed by atoms with Crippen molar-refractivity contribution < 1.29 is 0 Å². The number of benzene rings is 1. The van der Waals surface area contributed by atoms with Gasteiger partial charge in [-0.1, -0.05) is 6.07 Å². The molecule has 0 bridgehead atoms. The number of anilines is 1. The summed E-state index contributed by atoms with van der Waals surface area (Å²) in [5.74, 6) is 0.756. The largest absolute Gasteiger partial charge is 0.351 e. The van der Waals surface area contributed by atoms with E-state index in [0.29, 0.717) is 11.3 Å². The summed E-state index contributed by atoms with van der Waals surface area (Å²) in [6.07, 6.45) is 2.00. The van der Waals surface area contributed by atoms with Crippen LogP contribution in [0, 0.1) is 18.3 Å². The summed E-state index contributed by atoms with van der Waals surface area (Å²) in [6.45, 7) is 10.2. The molecule has 1 N–H and O–H groups in total. The molecule has 3 atom stereocenters. The Balaban J connectivity index is 1.43. The van der Waals surface area contributed by atoms with Gasteiger partial charge in [0.15, 0.2) is 0 Å². The van der Waals surface area contributed by atoms with Gasteiger partial charge in [-0.25, -0.2) is 9.50 Å². The number of hydrogen-bond acceptors (Lipinski definition) is 7. The highest BCUT2D eigenvalue weighted by atomic mass is 16.1. The van der Waals surface area contributed by atoms with Gasteiger partial charge in [0, 0.05) is 49.5 Å². The first-order chi connectivity index (χ1) is 16.3. The van der Waals surface area contributed by atoms with Crippen molar-refractivity contribution in [3.05, 3.63) is 63.8 Å². The molecular formula is C25H28N8O. The van der Waals surface area contributed by atoms with Crippen molar-refractivity contribution in [1.82, 2.24) is 29.5 Å². The summed E-state index contributed by atoms with van der Waals surface area (Å²) in [7, 11) is 0. The molecule has 1 unspecified atom stereocenters. The van der Waals surface area contributed by atoms with Gasteiger partial charge in [0.1, 0.15) is 11.5 Å². The van der Waals surface area contributed by atoms with E-state index in [2.05, 4.69) is 68.8 Å². The van der Waals surface area contributed by atoms with Gasteiger partial charge in [-0.2, -0.15) is 10.4 Å². The number of piperazine rings is 1. The predicted octanol–water partition coefficient (Wildman–Crippen LogP) is 3.00. The molecule has 3 aromatic heterocycles. The Morgan fingerprint density at radius 3 is 2.79 bits per heavy atom. The van der Waals surface area contributed by atoms with E-state index in [-0.39, 0.29) is 30.1 Å². The summed E-state index contributed by atoms with van der Waals surface area (Å²) in [6, 6.07) is 12.4. The fourth-order valence-electron chi connectivity index (χ4n) is 4.99. The Bertz CT molecular complexity index is 1470. The van der Waals surface area contributed by atoms with Crippen LogP contribution in [-0.2, 0) is 6.42 Å². The van der Waals surface area contributed by atoms with E-state index >= 15 is 0 Å². The van der Waals surface area contributed by atoms with Crippen LogP contribution in [0.4, 0.5) is 5.82 Å². The minimum absolute atomic E-state index is 0.162. The summed E-state index contributed by atoms with van der Waals surface area (Å²) in [5, 5.41) is 13.6. The van der Waals surface area contributed by atoms with E-state index in [1.54, 1.807) is 22.8 Å². The smallest absolute Gasteiger partial charge is 0.253 e. The first-order valence-electron chi connectivity index (χ1n) is 11.6. The molecule has 1 aliphatic rings. The molecule has 0 amide bonds. The molecule has 9 nitrogen and oxygen atoms in total. The number of aromatic amines is 1. The number of hydrogen-bond donors (Lipinski definition) is 1. The summed E-state index contributed by atoms with van der Waals surface area (Å²) >= 11 is 0. The molecule has 174 valence electrons. The van der Waals surface area contributed by atoms with E-state index < -0.39 is 0 Å². The molecule has 0 radical (unpaired) electrons. The van der Waals surface area contributed by atoms with E-state index in [0.717, 1.165) is 35.6 Å². The number of H-pyrrole nitrogens is 1. The fourth-order valence-corrected chi connectivity index (χ4v) is 4.99. The third-order valence-electron chi connectivity index (χ3n) is 6.74. The molecule has 9 heteroatoms. The Morgan fingerprint density at radius 2 is 2.00 bits per heavy atom. The van der Waals surface area contributed by atoms with Crippen molar-refractivity contribution in [2.75, 3.05) is 18.0 Å². The second kappa shape index (κ2) is 8.54. The van der Waals surface area contributed by atoms with Gasteiger partial charge in [0.05, 0.1) is 34.9 Å². The van der Waals surface area contributed by atoms with E-state index in [1.807, 2.05) is 13.0 Å². The normalized spacial score (nSPS) is 20.0. The van der Waals surface area contributed by atoms with Crippen LogP contribution in [0.5, 0.6) is 0 Å². The van der Waals surface area contributed by atoms with Gasteiger partial charge in [-0.15, -0.1) is 0 Å². The zero-order chi connectivity index (χ0) is 24.0. The van der Waals surface area contributed by atoms with Gasteiger partial charge in [-0.3, -0.25) is 14.7 Å². The van der Waals surface area contributed by atoms with Gasteiger partial charge < -0.3 is 9.88 Å². The van der Waals surface area contributed by atoms with E-state index in [4.69, 9.17) is 5.26 Å². The van der Waals surface area contributed by atoms with Crippen LogP contribution in [0.25, 0.3) is 16.7 Å². The SMILES string of the molecule is Cc1cnc2ccc(C(C)N3C[C@H](C)N(c4cc(=O)[nH]c5cc(CC#N)nn45)C[C@H]3C)cc2n1. The van der Waals surface area contributed by atoms with Crippen LogP contribution in [0.3, 0.4) is 0 Å². The third kappa shape index (κ3) is 3.90. The van der Waals surface area contributed by atoms with Crippen molar-refractivity contribution >= 4 is 22.5 Å². The Hall–Kier alpha value is -3.77. The van der Waals surface area contributed by atoms with Crippen LogP contribution in [0.2, 0.25) is 0 Å². The average molecular weight is 457 g/mol. The van der Waals surface area contributed by atoms with Crippen molar-refractivity contribution in [3.63, 3.8) is 0 Å². The zero-order valence-electron chi connectivity index (χ0n) is 19.9. The zero-order valence-corrected chi connectivity index (χ0v) is 19.9. The molecule has 1 aliphatic heterocycles. The number of aromatic nitrogens is 5. The quantitative estimate of drug-likeness (QED) is 0.503. The maximum atomic E-state index is 12.4. The topological polar surface area (TPSA) is 106 Å². The molecule has 4 aromatic rings. The number of rotatable bonds is 4. The van der Waals surface area contributed by atoms with Gasteiger partial charge >= 0.3 is 0 Å². The van der Waals surface area contributed by atoms with Crippen LogP contribution >= 0.6 is 0 Å². The lowest BCUT2D eigenvalue weighted by atomic mass is 10.0. The van der Waals surface area contributed by atoms with Gasteiger partial charge in [0.25, 0.3) is 5.56 Å². The number of aryl methyl sites for hydroxylation is 1. The predicted molar refractivity (Wildman–Crippen MR) is 131 cm³/mol. The van der Waals surface area contributed by atoms with Crippen LogP contribution in [-0.4, -0.2) is 54.6 Å². The molecule has 1 aromatic carbocycles. The lowest BCUT2D eigenvalue weighted by molar-refractivity contribution is 0.119. The fraction of sp³-hybridized carbons (Fsp3) is 0.400. The maximum absolute atomic E-state index is 12.4. The van der Waals surface area contributed by atoms with Gasteiger partial charge in [0.2, 0.25) is 0 Å². The highest BCUT2D eigenvalue weighted by Gasteiger charge is 2.33. The Labute approximate surface area is 197 Å². The highest BCUT2D eigenvalue weighted by Crippen LogP contribution is 2.30. The lowest BCUT2D eigenvalue weighted by Crippen LogP contribution is -2.57. The first kappa shape index (κ1) is 22.0. The number of fused-ring (bicyclic) bond motifs is 2. The van der Waals surface area contributed by atoms with Crippen molar-refractivity contribution in [2.24, 2.45) is 0 Å². The second-order valence-electron chi connectivity index (χ2n) is 9.24. The maximum Gasteiger partial charge on any atom is 0.253 e. The van der Waals surface area contributed by atoms with Crippen LogP contribution in [0.15, 0.2) is 41.3 Å². The second-order valence-corrected chi connectivity index (χ2v) is 9.24.